The summed E-state index contributed by atoms with van der Waals surface area (Å²) in [6, 6.07) is 34.4. The van der Waals surface area contributed by atoms with Crippen molar-refractivity contribution in [3.05, 3.63) is 135 Å². The molecular formula is C48H44O12. The molecule has 2 saturated heterocycles. The SMILES string of the molecule is C=CC(=O)OC(COc1ccc2ccc(OCC3CO3)cc2c1)COc1ccc2c(OCC(COc3ccc4ccc(OCC5CO5)cc4c3)OC(=O)C=C)cccc2c1. The third-order valence-electron chi connectivity index (χ3n) is 9.69. The molecule has 4 unspecified atom stereocenters. The Labute approximate surface area is 346 Å². The fraction of sp³-hybridized carbons (Fsp3) is 0.250. The zero-order chi connectivity index (χ0) is 41.3. The Morgan fingerprint density at radius 2 is 0.917 bits per heavy atom. The molecule has 6 aromatic rings. The Morgan fingerprint density at radius 3 is 1.35 bits per heavy atom. The highest BCUT2D eigenvalue weighted by atomic mass is 16.6. The fourth-order valence-corrected chi connectivity index (χ4v) is 6.33. The average molecular weight is 813 g/mol. The summed E-state index contributed by atoms with van der Waals surface area (Å²) >= 11 is 0. The van der Waals surface area contributed by atoms with Gasteiger partial charge in [-0.05, 0) is 99.7 Å². The van der Waals surface area contributed by atoms with E-state index in [4.69, 9.17) is 47.4 Å². The Kier molecular flexibility index (Phi) is 12.6. The fourth-order valence-electron chi connectivity index (χ4n) is 6.33. The average Bonchev–Trinajstić information content (AvgIpc) is 4.23. The number of rotatable bonds is 22. The van der Waals surface area contributed by atoms with Crippen molar-refractivity contribution in [2.45, 2.75) is 24.4 Å². The molecule has 2 heterocycles. The van der Waals surface area contributed by atoms with Crippen molar-refractivity contribution in [3.8, 4) is 34.5 Å². The smallest absolute Gasteiger partial charge is 0.330 e. The van der Waals surface area contributed by atoms with E-state index in [1.54, 1.807) is 6.07 Å². The highest BCUT2D eigenvalue weighted by molar-refractivity contribution is 5.90. The first-order chi connectivity index (χ1) is 29.4. The normalized spacial score (nSPS) is 16.3. The largest absolute Gasteiger partial charge is 0.491 e. The highest BCUT2D eigenvalue weighted by Crippen LogP contribution is 2.31. The summed E-state index contributed by atoms with van der Waals surface area (Å²) in [5.74, 6) is 2.64. The van der Waals surface area contributed by atoms with Crippen LogP contribution in [0.5, 0.6) is 34.5 Å². The number of ether oxygens (including phenoxy) is 10. The third-order valence-corrected chi connectivity index (χ3v) is 9.69. The van der Waals surface area contributed by atoms with Gasteiger partial charge in [0.05, 0.1) is 13.2 Å². The van der Waals surface area contributed by atoms with Crippen LogP contribution < -0.4 is 28.4 Å². The molecule has 0 aromatic heterocycles. The van der Waals surface area contributed by atoms with Crippen LogP contribution in [0.3, 0.4) is 0 Å². The molecule has 6 aromatic carbocycles. The van der Waals surface area contributed by atoms with E-state index in [2.05, 4.69) is 13.2 Å². The van der Waals surface area contributed by atoms with E-state index in [1.807, 2.05) is 103 Å². The van der Waals surface area contributed by atoms with Gasteiger partial charge in [0, 0.05) is 17.5 Å². The lowest BCUT2D eigenvalue weighted by Gasteiger charge is -2.20. The van der Waals surface area contributed by atoms with Gasteiger partial charge < -0.3 is 47.4 Å². The van der Waals surface area contributed by atoms with E-state index in [0.717, 1.165) is 69.2 Å². The van der Waals surface area contributed by atoms with Crippen LogP contribution in [0, 0.1) is 0 Å². The Hall–Kier alpha value is -6.76. The van der Waals surface area contributed by atoms with Gasteiger partial charge >= 0.3 is 11.9 Å². The van der Waals surface area contributed by atoms with E-state index >= 15 is 0 Å². The molecule has 2 fully saturated rings. The van der Waals surface area contributed by atoms with Gasteiger partial charge in [-0.2, -0.15) is 0 Å². The van der Waals surface area contributed by atoms with Crippen LogP contribution in [-0.4, -0.2) is 89.2 Å². The van der Waals surface area contributed by atoms with Crippen molar-refractivity contribution in [3.63, 3.8) is 0 Å². The predicted molar refractivity (Wildman–Crippen MR) is 224 cm³/mol. The lowest BCUT2D eigenvalue weighted by molar-refractivity contribution is -0.147. The van der Waals surface area contributed by atoms with Crippen LogP contribution in [0.4, 0.5) is 0 Å². The molecule has 8 rings (SSSR count). The monoisotopic (exact) mass is 812 g/mol. The van der Waals surface area contributed by atoms with Crippen LogP contribution in [-0.2, 0) is 28.5 Å². The minimum Gasteiger partial charge on any atom is -0.491 e. The van der Waals surface area contributed by atoms with E-state index < -0.39 is 24.1 Å². The van der Waals surface area contributed by atoms with Crippen molar-refractivity contribution >= 4 is 44.3 Å². The van der Waals surface area contributed by atoms with Crippen molar-refractivity contribution in [2.24, 2.45) is 0 Å². The molecule has 0 N–H and O–H groups in total. The molecule has 2 aliphatic rings. The van der Waals surface area contributed by atoms with Gasteiger partial charge in [-0.15, -0.1) is 0 Å². The summed E-state index contributed by atoms with van der Waals surface area (Å²) in [5.41, 5.74) is 0. The molecule has 0 amide bonds. The third kappa shape index (κ3) is 11.0. The van der Waals surface area contributed by atoms with Crippen molar-refractivity contribution < 1.29 is 57.0 Å². The minimum absolute atomic E-state index is 0.0180. The standard InChI is InChI=1S/C48H44O12/c1-3-47(49)59-43(27-53-38-14-10-31-8-12-36(19-34(31)21-38)51-23-41-25-56-41)28-55-40-16-17-45-33(18-40)6-5-7-46(45)58-30-44(60-48(50)4-2)29-54-39-15-11-32-9-13-37(20-35(32)22-39)52-24-42-26-57-42/h3-22,41-44H,1-2,23-30H2. The Bertz CT molecular complexity index is 2490. The zero-order valence-electron chi connectivity index (χ0n) is 32.8. The number of carbonyl (C=O) groups excluding carboxylic acids is 2. The van der Waals surface area contributed by atoms with Gasteiger partial charge in [-0.3, -0.25) is 0 Å². The topological polar surface area (TPSA) is 133 Å². The van der Waals surface area contributed by atoms with Gasteiger partial charge in [-0.25, -0.2) is 9.59 Å². The second kappa shape index (κ2) is 18.9. The van der Waals surface area contributed by atoms with Crippen LogP contribution in [0.25, 0.3) is 32.3 Å². The maximum absolute atomic E-state index is 12.3. The second-order valence-corrected chi connectivity index (χ2v) is 14.3. The van der Waals surface area contributed by atoms with Gasteiger partial charge in [0.2, 0.25) is 0 Å². The highest BCUT2D eigenvalue weighted by Gasteiger charge is 2.24. The Balaban J connectivity index is 0.881. The number of hydrogen-bond acceptors (Lipinski definition) is 12. The molecule has 2 aliphatic heterocycles. The van der Waals surface area contributed by atoms with Crippen LogP contribution in [0.2, 0.25) is 0 Å². The molecule has 0 saturated carbocycles. The van der Waals surface area contributed by atoms with E-state index in [9.17, 15) is 9.59 Å². The number of carbonyl (C=O) groups is 2. The molecule has 0 radical (unpaired) electrons. The molecule has 0 spiro atoms. The second-order valence-electron chi connectivity index (χ2n) is 14.3. The molecule has 0 bridgehead atoms. The van der Waals surface area contributed by atoms with Gasteiger partial charge in [0.25, 0.3) is 0 Å². The molecule has 12 nitrogen and oxygen atoms in total. The van der Waals surface area contributed by atoms with Crippen LogP contribution in [0.1, 0.15) is 0 Å². The molecule has 60 heavy (non-hydrogen) atoms. The summed E-state index contributed by atoms with van der Waals surface area (Å²) in [7, 11) is 0. The van der Waals surface area contributed by atoms with Crippen molar-refractivity contribution in [2.75, 3.05) is 52.9 Å². The Morgan fingerprint density at radius 1 is 0.517 bits per heavy atom. The molecule has 4 atom stereocenters. The summed E-state index contributed by atoms with van der Waals surface area (Å²) < 4.78 is 57.9. The van der Waals surface area contributed by atoms with Crippen molar-refractivity contribution in [1.82, 2.24) is 0 Å². The maximum Gasteiger partial charge on any atom is 0.330 e. The molecule has 12 heteroatoms. The first kappa shape index (κ1) is 40.0. The number of fused-ring (bicyclic) bond motifs is 3. The number of epoxide rings is 2. The lowest BCUT2D eigenvalue weighted by atomic mass is 10.1. The van der Waals surface area contributed by atoms with E-state index in [1.165, 1.54) is 0 Å². The summed E-state index contributed by atoms with van der Waals surface area (Å²) in [4.78, 5) is 24.5. The van der Waals surface area contributed by atoms with E-state index in [0.29, 0.717) is 36.2 Å². The number of esters is 2. The molecule has 0 aliphatic carbocycles. The first-order valence-electron chi connectivity index (χ1n) is 19.6. The number of benzene rings is 6. The minimum atomic E-state index is -0.747. The summed E-state index contributed by atoms with van der Waals surface area (Å²) in [5, 5.41) is 5.60. The van der Waals surface area contributed by atoms with Crippen molar-refractivity contribution in [1.29, 1.82) is 0 Å². The van der Waals surface area contributed by atoms with Gasteiger partial charge in [-0.1, -0.05) is 49.6 Å². The first-order valence-corrected chi connectivity index (χ1v) is 19.6. The molecule has 308 valence electrons. The van der Waals surface area contributed by atoms with Crippen LogP contribution >= 0.6 is 0 Å². The quantitative estimate of drug-likeness (QED) is 0.0376. The zero-order valence-corrected chi connectivity index (χ0v) is 32.8. The van der Waals surface area contributed by atoms with E-state index in [-0.39, 0.29) is 38.6 Å². The van der Waals surface area contributed by atoms with Gasteiger partial charge in [0.15, 0.2) is 12.2 Å². The van der Waals surface area contributed by atoms with Crippen LogP contribution in [0.15, 0.2) is 135 Å². The lowest BCUT2D eigenvalue weighted by Crippen LogP contribution is -2.30. The maximum atomic E-state index is 12.3. The predicted octanol–water partition coefficient (Wildman–Crippen LogP) is 7.81. The summed E-state index contributed by atoms with van der Waals surface area (Å²) in [6.07, 6.45) is 1.04. The number of hydrogen-bond donors (Lipinski definition) is 0. The molecular weight excluding hydrogens is 769 g/mol. The summed E-state index contributed by atoms with van der Waals surface area (Å²) in [6.45, 7) is 9.66. The van der Waals surface area contributed by atoms with Gasteiger partial charge in [0.1, 0.15) is 86.3 Å².